The highest BCUT2D eigenvalue weighted by Crippen LogP contribution is 2.21. The van der Waals surface area contributed by atoms with Crippen LogP contribution in [-0.2, 0) is 10.1 Å². The number of alkyl halides is 1. The van der Waals surface area contributed by atoms with Crippen LogP contribution in [0.5, 0.6) is 0 Å². The third-order valence-electron chi connectivity index (χ3n) is 1.97. The molecule has 0 aliphatic rings. The summed E-state index contributed by atoms with van der Waals surface area (Å²) in [5.74, 6) is -0.888. The molecule has 0 aromatic heterocycles. The van der Waals surface area contributed by atoms with Gasteiger partial charge in [-0.25, -0.2) is 4.79 Å². The van der Waals surface area contributed by atoms with Crippen molar-refractivity contribution in [1.82, 2.24) is 0 Å². The van der Waals surface area contributed by atoms with Crippen molar-refractivity contribution in [1.29, 1.82) is 0 Å². The van der Waals surface area contributed by atoms with Crippen LogP contribution < -0.4 is 0 Å². The van der Waals surface area contributed by atoms with Gasteiger partial charge in [-0.15, -0.1) is 0 Å². The third-order valence-corrected chi connectivity index (χ3v) is 2.57. The molecular formula is C11H11BrO2. The number of hydrogen-bond donors (Lipinski definition) is 1. The summed E-state index contributed by atoms with van der Waals surface area (Å²) < 4.78 is 0. The molecular weight excluding hydrogens is 244 g/mol. The van der Waals surface area contributed by atoms with Gasteiger partial charge in [-0.3, -0.25) is 0 Å². The number of carbonyl (C=O) groups is 1. The number of benzene rings is 1. The molecule has 0 aliphatic carbocycles. The van der Waals surface area contributed by atoms with Crippen LogP contribution in [0, 0.1) is 0 Å². The third kappa shape index (κ3) is 2.23. The molecule has 0 aliphatic heterocycles. The minimum atomic E-state index is -0.888. The van der Waals surface area contributed by atoms with Crippen LogP contribution >= 0.6 is 15.9 Å². The zero-order valence-corrected chi connectivity index (χ0v) is 9.41. The van der Waals surface area contributed by atoms with E-state index in [2.05, 4.69) is 15.9 Å². The van der Waals surface area contributed by atoms with Crippen molar-refractivity contribution in [2.45, 2.75) is 12.3 Å². The van der Waals surface area contributed by atoms with Gasteiger partial charge >= 0.3 is 5.97 Å². The minimum Gasteiger partial charge on any atom is -0.478 e. The topological polar surface area (TPSA) is 37.3 Å². The normalized spacial score (nSPS) is 11.4. The molecule has 0 unspecified atom stereocenters. The molecule has 1 rings (SSSR count). The van der Waals surface area contributed by atoms with Crippen LogP contribution in [0.15, 0.2) is 30.3 Å². The number of aliphatic carboxylic acids is 1. The highest BCUT2D eigenvalue weighted by Gasteiger charge is 2.11. The molecule has 74 valence electrons. The van der Waals surface area contributed by atoms with Crippen LogP contribution in [0.3, 0.4) is 0 Å². The molecule has 1 aromatic carbocycles. The van der Waals surface area contributed by atoms with Crippen LogP contribution in [0.2, 0.25) is 0 Å². The second kappa shape index (κ2) is 4.96. The monoisotopic (exact) mass is 254 g/mol. The first-order valence-electron chi connectivity index (χ1n) is 4.24. The second-order valence-corrected chi connectivity index (χ2v) is 3.36. The Labute approximate surface area is 91.4 Å². The van der Waals surface area contributed by atoms with Crippen LogP contribution in [-0.4, -0.2) is 11.1 Å². The van der Waals surface area contributed by atoms with Crippen molar-refractivity contribution in [3.05, 3.63) is 41.5 Å². The maximum Gasteiger partial charge on any atom is 0.335 e. The zero-order chi connectivity index (χ0) is 10.6. The lowest BCUT2D eigenvalue weighted by molar-refractivity contribution is -0.130. The number of carboxylic acid groups (broad SMARTS) is 1. The van der Waals surface area contributed by atoms with Crippen molar-refractivity contribution in [2.24, 2.45) is 0 Å². The van der Waals surface area contributed by atoms with Gasteiger partial charge in [-0.05, 0) is 18.1 Å². The average molecular weight is 255 g/mol. The SMILES string of the molecule is CC=C(C(=O)O)c1ccccc1CBr. The van der Waals surface area contributed by atoms with Crippen molar-refractivity contribution >= 4 is 27.5 Å². The minimum absolute atomic E-state index is 0.347. The van der Waals surface area contributed by atoms with Gasteiger partial charge in [-0.1, -0.05) is 46.3 Å². The molecule has 0 saturated carbocycles. The fraction of sp³-hybridized carbons (Fsp3) is 0.182. The molecule has 3 heteroatoms. The van der Waals surface area contributed by atoms with Gasteiger partial charge in [0.2, 0.25) is 0 Å². The molecule has 0 amide bonds. The van der Waals surface area contributed by atoms with Gasteiger partial charge in [0.25, 0.3) is 0 Å². The number of carboxylic acids is 1. The highest BCUT2D eigenvalue weighted by atomic mass is 79.9. The number of rotatable bonds is 3. The fourth-order valence-corrected chi connectivity index (χ4v) is 1.78. The Balaban J connectivity index is 3.23. The van der Waals surface area contributed by atoms with E-state index in [1.54, 1.807) is 13.0 Å². The molecule has 14 heavy (non-hydrogen) atoms. The van der Waals surface area contributed by atoms with Gasteiger partial charge in [0.15, 0.2) is 0 Å². The predicted molar refractivity (Wildman–Crippen MR) is 60.4 cm³/mol. The summed E-state index contributed by atoms with van der Waals surface area (Å²) in [5, 5.41) is 9.62. The summed E-state index contributed by atoms with van der Waals surface area (Å²) in [6.07, 6.45) is 1.61. The zero-order valence-electron chi connectivity index (χ0n) is 7.83. The Bertz CT molecular complexity index is 369. The van der Waals surface area contributed by atoms with Crippen molar-refractivity contribution in [3.8, 4) is 0 Å². The van der Waals surface area contributed by atoms with E-state index in [9.17, 15) is 4.79 Å². The lowest BCUT2D eigenvalue weighted by Gasteiger charge is -2.06. The first-order chi connectivity index (χ1) is 6.70. The molecule has 0 atom stereocenters. The Morgan fingerprint density at radius 3 is 2.64 bits per heavy atom. The quantitative estimate of drug-likeness (QED) is 0.665. The van der Waals surface area contributed by atoms with Gasteiger partial charge < -0.3 is 5.11 Å². The van der Waals surface area contributed by atoms with Gasteiger partial charge in [-0.2, -0.15) is 0 Å². The molecule has 0 fully saturated rings. The van der Waals surface area contributed by atoms with E-state index in [4.69, 9.17) is 5.11 Å². The van der Waals surface area contributed by atoms with Crippen LogP contribution in [0.25, 0.3) is 5.57 Å². The Morgan fingerprint density at radius 1 is 1.50 bits per heavy atom. The lowest BCUT2D eigenvalue weighted by Crippen LogP contribution is -2.01. The standard InChI is InChI=1S/C11H11BrO2/c1-2-9(11(13)14)10-6-4-3-5-8(10)7-12/h2-6H,7H2,1H3,(H,13,14). The Morgan fingerprint density at radius 2 is 2.14 bits per heavy atom. The second-order valence-electron chi connectivity index (χ2n) is 2.80. The smallest absolute Gasteiger partial charge is 0.335 e. The van der Waals surface area contributed by atoms with Crippen molar-refractivity contribution in [3.63, 3.8) is 0 Å². The summed E-state index contributed by atoms with van der Waals surface area (Å²) >= 11 is 3.33. The van der Waals surface area contributed by atoms with Crippen molar-refractivity contribution in [2.75, 3.05) is 0 Å². The lowest BCUT2D eigenvalue weighted by atomic mass is 10.0. The van der Waals surface area contributed by atoms with Crippen LogP contribution in [0.1, 0.15) is 18.1 Å². The molecule has 0 heterocycles. The molecule has 0 bridgehead atoms. The molecule has 1 aromatic rings. The number of halogens is 1. The summed E-state index contributed by atoms with van der Waals surface area (Å²) in [4.78, 5) is 10.9. The summed E-state index contributed by atoms with van der Waals surface area (Å²) in [6, 6.07) is 7.47. The molecule has 2 nitrogen and oxygen atoms in total. The number of allylic oxidation sites excluding steroid dienone is 1. The maximum atomic E-state index is 10.9. The average Bonchev–Trinajstić information content (AvgIpc) is 2.19. The Hall–Kier alpha value is -1.09. The molecule has 0 saturated heterocycles. The summed E-state index contributed by atoms with van der Waals surface area (Å²) in [6.45, 7) is 1.73. The predicted octanol–water partition coefficient (Wildman–Crippen LogP) is 3.07. The van der Waals surface area contributed by atoms with E-state index in [0.717, 1.165) is 11.1 Å². The van der Waals surface area contributed by atoms with E-state index in [0.29, 0.717) is 10.9 Å². The molecule has 0 spiro atoms. The van der Waals surface area contributed by atoms with E-state index >= 15 is 0 Å². The summed E-state index contributed by atoms with van der Waals surface area (Å²) in [7, 11) is 0. The largest absolute Gasteiger partial charge is 0.478 e. The van der Waals surface area contributed by atoms with Gasteiger partial charge in [0, 0.05) is 5.33 Å². The first kappa shape index (κ1) is 11.0. The van der Waals surface area contributed by atoms with E-state index in [1.165, 1.54) is 0 Å². The fourth-order valence-electron chi connectivity index (χ4n) is 1.29. The summed E-state index contributed by atoms with van der Waals surface area (Å²) in [5.41, 5.74) is 2.11. The van der Waals surface area contributed by atoms with Gasteiger partial charge in [0.05, 0.1) is 5.57 Å². The van der Waals surface area contributed by atoms with E-state index in [1.807, 2.05) is 24.3 Å². The van der Waals surface area contributed by atoms with Gasteiger partial charge in [0.1, 0.15) is 0 Å². The molecule has 1 N–H and O–H groups in total. The number of hydrogen-bond acceptors (Lipinski definition) is 1. The highest BCUT2D eigenvalue weighted by molar-refractivity contribution is 9.08. The van der Waals surface area contributed by atoms with Crippen LogP contribution in [0.4, 0.5) is 0 Å². The Kier molecular flexibility index (Phi) is 3.89. The van der Waals surface area contributed by atoms with E-state index < -0.39 is 5.97 Å². The maximum absolute atomic E-state index is 10.9. The molecule has 0 radical (unpaired) electrons. The van der Waals surface area contributed by atoms with Crippen molar-refractivity contribution < 1.29 is 9.90 Å². The van der Waals surface area contributed by atoms with E-state index in [-0.39, 0.29) is 0 Å². The first-order valence-corrected chi connectivity index (χ1v) is 5.36.